The summed E-state index contributed by atoms with van der Waals surface area (Å²) in [5.74, 6) is 0.129. The van der Waals surface area contributed by atoms with Gasteiger partial charge in [0.2, 0.25) is 0 Å². The molecule has 8 nitrogen and oxygen atoms in total. The van der Waals surface area contributed by atoms with Gasteiger partial charge in [-0.25, -0.2) is 0 Å². The monoisotopic (exact) mass is 397 g/mol. The highest BCUT2D eigenvalue weighted by atomic mass is 16.6. The number of carbonyl (C=O) groups is 2. The summed E-state index contributed by atoms with van der Waals surface area (Å²) in [6, 6.07) is 12.6. The zero-order valence-corrected chi connectivity index (χ0v) is 16.2. The lowest BCUT2D eigenvalue weighted by Gasteiger charge is -2.30. The number of nitro benzene ring substituents is 1. The Hall–Kier alpha value is -3.42. The first-order valence-electron chi connectivity index (χ1n) is 9.49. The third-order valence-corrected chi connectivity index (χ3v) is 4.88. The lowest BCUT2D eigenvalue weighted by molar-refractivity contribution is -0.385. The Balaban J connectivity index is 1.59. The predicted molar refractivity (Wildman–Crippen MR) is 108 cm³/mol. The summed E-state index contributed by atoms with van der Waals surface area (Å²) in [5, 5.41) is 13.7. The fourth-order valence-electron chi connectivity index (χ4n) is 3.19. The summed E-state index contributed by atoms with van der Waals surface area (Å²) in [6.07, 6.45) is 1.98. The average molecular weight is 397 g/mol. The second-order valence-electron chi connectivity index (χ2n) is 7.12. The molecule has 0 saturated carbocycles. The third-order valence-electron chi connectivity index (χ3n) is 4.88. The second kappa shape index (κ2) is 9.18. The summed E-state index contributed by atoms with van der Waals surface area (Å²) < 4.78 is 5.29. The Bertz CT molecular complexity index is 907. The fourth-order valence-corrected chi connectivity index (χ4v) is 3.19. The van der Waals surface area contributed by atoms with Crippen LogP contribution >= 0.6 is 0 Å². The molecule has 2 aromatic carbocycles. The number of carbonyl (C=O) groups excluding carboxylic acids is 2. The van der Waals surface area contributed by atoms with Crippen LogP contribution < -0.4 is 10.1 Å². The van der Waals surface area contributed by atoms with Gasteiger partial charge < -0.3 is 15.0 Å². The van der Waals surface area contributed by atoms with E-state index in [1.54, 1.807) is 30.3 Å². The molecule has 152 valence electrons. The first kappa shape index (κ1) is 20.3. The maximum Gasteiger partial charge on any atom is 0.310 e. The first-order valence-corrected chi connectivity index (χ1v) is 9.49. The molecule has 1 N–H and O–H groups in total. The molecule has 0 atom stereocenters. The summed E-state index contributed by atoms with van der Waals surface area (Å²) in [7, 11) is 0. The maximum absolute atomic E-state index is 12.7. The Labute approximate surface area is 168 Å². The van der Waals surface area contributed by atoms with Crippen molar-refractivity contribution < 1.29 is 19.2 Å². The molecule has 0 bridgehead atoms. The number of ether oxygens (including phenoxy) is 1. The number of amides is 2. The highest BCUT2D eigenvalue weighted by Crippen LogP contribution is 2.25. The molecule has 0 unspecified atom stereocenters. The van der Waals surface area contributed by atoms with Crippen molar-refractivity contribution in [3.8, 4) is 5.75 Å². The molecular formula is C21H23N3O5. The Morgan fingerprint density at radius 1 is 1.17 bits per heavy atom. The van der Waals surface area contributed by atoms with E-state index in [0.717, 1.165) is 25.9 Å². The second-order valence-corrected chi connectivity index (χ2v) is 7.12. The highest BCUT2D eigenvalue weighted by molar-refractivity contribution is 5.97. The molecule has 8 heteroatoms. The van der Waals surface area contributed by atoms with Crippen LogP contribution in [-0.2, 0) is 4.79 Å². The number of anilines is 1. The van der Waals surface area contributed by atoms with Gasteiger partial charge in [0, 0.05) is 30.4 Å². The Morgan fingerprint density at radius 2 is 1.90 bits per heavy atom. The zero-order chi connectivity index (χ0) is 20.8. The number of piperidine rings is 1. The van der Waals surface area contributed by atoms with Crippen LogP contribution in [0.15, 0.2) is 48.5 Å². The van der Waals surface area contributed by atoms with Gasteiger partial charge in [0.25, 0.3) is 11.8 Å². The van der Waals surface area contributed by atoms with Crippen molar-refractivity contribution in [2.45, 2.75) is 19.8 Å². The number of hydrogen-bond donors (Lipinski definition) is 1. The van der Waals surface area contributed by atoms with E-state index in [-0.39, 0.29) is 24.0 Å². The lowest BCUT2D eigenvalue weighted by Crippen LogP contribution is -2.37. The normalized spacial score (nSPS) is 14.3. The molecule has 1 fully saturated rings. The minimum atomic E-state index is -0.566. The van der Waals surface area contributed by atoms with Gasteiger partial charge in [0.1, 0.15) is 0 Å². The number of nitro groups is 1. The van der Waals surface area contributed by atoms with Gasteiger partial charge in [-0.2, -0.15) is 0 Å². The van der Waals surface area contributed by atoms with Crippen LogP contribution in [0.1, 0.15) is 30.1 Å². The SMILES string of the molecule is CC1CCN(C(=O)c2cccc(NC(=O)COc3ccccc3[N+](=O)[O-])c2)CC1. The molecule has 1 aliphatic heterocycles. The average Bonchev–Trinajstić information content (AvgIpc) is 2.72. The van der Waals surface area contributed by atoms with Gasteiger partial charge in [-0.1, -0.05) is 25.1 Å². The number of nitrogens with one attached hydrogen (secondary N) is 1. The van der Waals surface area contributed by atoms with E-state index in [0.29, 0.717) is 17.2 Å². The van der Waals surface area contributed by atoms with Crippen LogP contribution in [0.2, 0.25) is 0 Å². The Kier molecular flexibility index (Phi) is 6.43. The molecule has 0 spiro atoms. The van der Waals surface area contributed by atoms with E-state index >= 15 is 0 Å². The lowest BCUT2D eigenvalue weighted by atomic mass is 9.98. The number of para-hydroxylation sites is 2. The van der Waals surface area contributed by atoms with Crippen LogP contribution in [0.5, 0.6) is 5.75 Å². The maximum atomic E-state index is 12.7. The Morgan fingerprint density at radius 3 is 2.62 bits per heavy atom. The van der Waals surface area contributed by atoms with E-state index in [9.17, 15) is 19.7 Å². The zero-order valence-electron chi connectivity index (χ0n) is 16.2. The van der Waals surface area contributed by atoms with Crippen LogP contribution in [0.25, 0.3) is 0 Å². The molecule has 29 heavy (non-hydrogen) atoms. The standard InChI is InChI=1S/C21H23N3O5/c1-15-9-11-23(12-10-15)21(26)16-5-4-6-17(13-16)22-20(25)14-29-19-8-3-2-7-18(19)24(27)28/h2-8,13,15H,9-12,14H2,1H3,(H,22,25). The van der Waals surface area contributed by atoms with Crippen molar-refractivity contribution in [2.75, 3.05) is 25.0 Å². The molecule has 1 heterocycles. The number of benzene rings is 2. The first-order chi connectivity index (χ1) is 13.9. The van der Waals surface area contributed by atoms with Crippen LogP contribution in [-0.4, -0.2) is 41.3 Å². The van der Waals surface area contributed by atoms with E-state index in [2.05, 4.69) is 12.2 Å². The molecular weight excluding hydrogens is 374 g/mol. The topological polar surface area (TPSA) is 102 Å². The summed E-state index contributed by atoms with van der Waals surface area (Å²) >= 11 is 0. The quantitative estimate of drug-likeness (QED) is 0.594. The molecule has 1 saturated heterocycles. The van der Waals surface area contributed by atoms with Crippen LogP contribution in [0.3, 0.4) is 0 Å². The molecule has 0 aliphatic carbocycles. The van der Waals surface area contributed by atoms with Crippen LogP contribution in [0, 0.1) is 16.0 Å². The van der Waals surface area contributed by atoms with E-state index in [1.165, 1.54) is 18.2 Å². The van der Waals surface area contributed by atoms with Crippen LogP contribution in [0.4, 0.5) is 11.4 Å². The molecule has 3 rings (SSSR count). The van der Waals surface area contributed by atoms with E-state index in [4.69, 9.17) is 4.74 Å². The highest BCUT2D eigenvalue weighted by Gasteiger charge is 2.21. The molecule has 0 aromatic heterocycles. The van der Waals surface area contributed by atoms with Crippen molar-refractivity contribution in [1.82, 2.24) is 4.90 Å². The fraction of sp³-hybridized carbons (Fsp3) is 0.333. The van der Waals surface area contributed by atoms with Crippen molar-refractivity contribution in [3.05, 3.63) is 64.2 Å². The smallest absolute Gasteiger partial charge is 0.310 e. The summed E-state index contributed by atoms with van der Waals surface area (Å²) in [4.78, 5) is 37.1. The molecule has 2 amide bonds. The van der Waals surface area contributed by atoms with Crippen molar-refractivity contribution in [2.24, 2.45) is 5.92 Å². The number of nitrogens with zero attached hydrogens (tertiary/aromatic N) is 2. The summed E-state index contributed by atoms with van der Waals surface area (Å²) in [6.45, 7) is 3.28. The van der Waals surface area contributed by atoms with Crippen molar-refractivity contribution in [3.63, 3.8) is 0 Å². The molecule has 1 aliphatic rings. The number of likely N-dealkylation sites (tertiary alicyclic amines) is 1. The third kappa shape index (κ3) is 5.31. The minimum absolute atomic E-state index is 0.0240. The largest absolute Gasteiger partial charge is 0.477 e. The van der Waals surface area contributed by atoms with E-state index in [1.807, 2.05) is 4.90 Å². The van der Waals surface area contributed by atoms with Crippen molar-refractivity contribution in [1.29, 1.82) is 0 Å². The molecule has 2 aromatic rings. The van der Waals surface area contributed by atoms with Crippen molar-refractivity contribution >= 4 is 23.2 Å². The van der Waals surface area contributed by atoms with Gasteiger partial charge in [-0.15, -0.1) is 0 Å². The predicted octanol–water partition coefficient (Wildman–Crippen LogP) is 3.48. The van der Waals surface area contributed by atoms with Gasteiger partial charge in [0.15, 0.2) is 12.4 Å². The number of hydrogen-bond acceptors (Lipinski definition) is 5. The van der Waals surface area contributed by atoms with Gasteiger partial charge >= 0.3 is 5.69 Å². The molecule has 0 radical (unpaired) electrons. The minimum Gasteiger partial charge on any atom is -0.477 e. The van der Waals surface area contributed by atoms with Gasteiger partial charge in [-0.05, 0) is 43.0 Å². The van der Waals surface area contributed by atoms with Gasteiger partial charge in [0.05, 0.1) is 4.92 Å². The van der Waals surface area contributed by atoms with E-state index < -0.39 is 10.8 Å². The number of rotatable bonds is 6. The summed E-state index contributed by atoms with van der Waals surface area (Å²) in [5.41, 5.74) is 0.776. The van der Waals surface area contributed by atoms with Gasteiger partial charge in [-0.3, -0.25) is 19.7 Å².